The molecule has 2 atom stereocenters. The Bertz CT molecular complexity index is 648. The molecule has 2 unspecified atom stereocenters. The quantitative estimate of drug-likeness (QED) is 0.910. The minimum atomic E-state index is 0.211. The minimum Gasteiger partial charge on any atom is -0.497 e. The third kappa shape index (κ3) is 3.20. The summed E-state index contributed by atoms with van der Waals surface area (Å²) in [4.78, 5) is 0. The highest BCUT2D eigenvalue weighted by Crippen LogP contribution is 2.45. The zero-order valence-electron chi connectivity index (χ0n) is 13.8. The topological polar surface area (TPSA) is 38.7 Å². The Morgan fingerprint density at radius 2 is 1.70 bits per heavy atom. The lowest BCUT2D eigenvalue weighted by Crippen LogP contribution is -2.20. The van der Waals surface area contributed by atoms with E-state index in [0.717, 1.165) is 30.8 Å². The third-order valence-electron chi connectivity index (χ3n) is 4.94. The monoisotopic (exact) mass is 312 g/mol. The molecule has 1 aliphatic rings. The van der Waals surface area contributed by atoms with Gasteiger partial charge in [-0.3, -0.25) is 0 Å². The molecule has 122 valence electrons. The van der Waals surface area contributed by atoms with Crippen molar-refractivity contribution >= 4 is 0 Å². The smallest absolute Gasteiger partial charge is 0.119 e. The van der Waals surface area contributed by atoms with Crippen molar-refractivity contribution < 1.29 is 14.6 Å². The van der Waals surface area contributed by atoms with Gasteiger partial charge in [-0.05, 0) is 72.1 Å². The number of rotatable bonds is 5. The molecule has 0 aromatic heterocycles. The molecule has 0 saturated heterocycles. The van der Waals surface area contributed by atoms with Crippen LogP contribution in [-0.4, -0.2) is 25.9 Å². The van der Waals surface area contributed by atoms with Crippen molar-refractivity contribution in [3.8, 4) is 11.5 Å². The highest BCUT2D eigenvalue weighted by Gasteiger charge is 2.30. The maximum absolute atomic E-state index is 9.55. The van der Waals surface area contributed by atoms with E-state index in [1.165, 1.54) is 16.7 Å². The first-order valence-corrected chi connectivity index (χ1v) is 8.18. The summed E-state index contributed by atoms with van der Waals surface area (Å²) in [6.45, 7) is 0.211. The second-order valence-electron chi connectivity index (χ2n) is 6.10. The van der Waals surface area contributed by atoms with E-state index in [9.17, 15) is 5.11 Å². The van der Waals surface area contributed by atoms with Crippen molar-refractivity contribution in [2.24, 2.45) is 0 Å². The highest BCUT2D eigenvalue weighted by molar-refractivity contribution is 5.43. The fraction of sp³-hybridized carbons (Fsp3) is 0.400. The fourth-order valence-electron chi connectivity index (χ4n) is 3.76. The number of ether oxygens (including phenoxy) is 2. The summed E-state index contributed by atoms with van der Waals surface area (Å²) in [6, 6.07) is 14.7. The Morgan fingerprint density at radius 1 is 1.00 bits per heavy atom. The Labute approximate surface area is 137 Å². The number of aliphatic hydroxyl groups excluding tert-OH is 1. The molecule has 1 N–H and O–H groups in total. The predicted octanol–water partition coefficient (Wildman–Crippen LogP) is 3.90. The molecule has 0 heterocycles. The molecular formula is C20H24O3. The molecule has 3 nitrogen and oxygen atoms in total. The summed E-state index contributed by atoms with van der Waals surface area (Å²) < 4.78 is 10.6. The van der Waals surface area contributed by atoms with Gasteiger partial charge in [0.05, 0.1) is 14.2 Å². The molecule has 1 aliphatic carbocycles. The van der Waals surface area contributed by atoms with Crippen LogP contribution >= 0.6 is 0 Å². The van der Waals surface area contributed by atoms with Crippen molar-refractivity contribution in [2.75, 3.05) is 20.8 Å². The van der Waals surface area contributed by atoms with Gasteiger partial charge >= 0.3 is 0 Å². The van der Waals surface area contributed by atoms with E-state index < -0.39 is 0 Å². The van der Waals surface area contributed by atoms with Crippen LogP contribution in [0.5, 0.6) is 11.5 Å². The SMILES string of the molecule is COc1ccc(C2CCc3cc(OC)ccc3C2CCO)cc1. The number of methoxy groups -OCH3 is 2. The third-order valence-corrected chi connectivity index (χ3v) is 4.94. The number of hydrogen-bond donors (Lipinski definition) is 1. The van der Waals surface area contributed by atoms with E-state index >= 15 is 0 Å². The number of hydrogen-bond acceptors (Lipinski definition) is 3. The minimum absolute atomic E-state index is 0.211. The summed E-state index contributed by atoms with van der Waals surface area (Å²) in [5, 5.41) is 9.55. The molecule has 0 radical (unpaired) electrons. The maximum Gasteiger partial charge on any atom is 0.119 e. The lowest BCUT2D eigenvalue weighted by atomic mass is 9.71. The molecule has 3 heteroatoms. The summed E-state index contributed by atoms with van der Waals surface area (Å²) in [5.74, 6) is 2.58. The number of fused-ring (bicyclic) bond motifs is 1. The summed E-state index contributed by atoms with van der Waals surface area (Å²) in [6.07, 6.45) is 2.93. The van der Waals surface area contributed by atoms with Crippen LogP contribution in [0.25, 0.3) is 0 Å². The molecule has 23 heavy (non-hydrogen) atoms. The van der Waals surface area contributed by atoms with Crippen LogP contribution in [0.2, 0.25) is 0 Å². The second kappa shape index (κ2) is 7.05. The highest BCUT2D eigenvalue weighted by atomic mass is 16.5. The van der Waals surface area contributed by atoms with Gasteiger partial charge in [0.2, 0.25) is 0 Å². The Hall–Kier alpha value is -2.00. The van der Waals surface area contributed by atoms with Crippen LogP contribution < -0.4 is 9.47 Å². The van der Waals surface area contributed by atoms with E-state index in [1.54, 1.807) is 14.2 Å². The first-order chi connectivity index (χ1) is 11.3. The average Bonchev–Trinajstić information content (AvgIpc) is 2.62. The molecular weight excluding hydrogens is 288 g/mol. The van der Waals surface area contributed by atoms with Crippen LogP contribution in [0.4, 0.5) is 0 Å². The average molecular weight is 312 g/mol. The molecule has 0 saturated carbocycles. The van der Waals surface area contributed by atoms with E-state index in [2.05, 4.69) is 24.3 Å². The normalized spacial score (nSPS) is 20.0. The maximum atomic E-state index is 9.55. The zero-order chi connectivity index (χ0) is 16.2. The van der Waals surface area contributed by atoms with Gasteiger partial charge in [-0.1, -0.05) is 18.2 Å². The van der Waals surface area contributed by atoms with E-state index in [0.29, 0.717) is 11.8 Å². The van der Waals surface area contributed by atoms with Crippen molar-refractivity contribution in [1.82, 2.24) is 0 Å². The van der Waals surface area contributed by atoms with Gasteiger partial charge in [0.25, 0.3) is 0 Å². The first kappa shape index (κ1) is 15.9. The number of aryl methyl sites for hydroxylation is 1. The van der Waals surface area contributed by atoms with Gasteiger partial charge in [-0.2, -0.15) is 0 Å². The van der Waals surface area contributed by atoms with Crippen LogP contribution in [0.3, 0.4) is 0 Å². The Balaban J connectivity index is 1.94. The number of benzene rings is 2. The fourth-order valence-corrected chi connectivity index (χ4v) is 3.76. The molecule has 0 spiro atoms. The molecule has 0 bridgehead atoms. The second-order valence-corrected chi connectivity index (χ2v) is 6.10. The van der Waals surface area contributed by atoms with Crippen molar-refractivity contribution in [3.05, 3.63) is 59.2 Å². The van der Waals surface area contributed by atoms with Crippen LogP contribution in [0.15, 0.2) is 42.5 Å². The summed E-state index contributed by atoms with van der Waals surface area (Å²) >= 11 is 0. The largest absolute Gasteiger partial charge is 0.497 e. The Kier molecular flexibility index (Phi) is 4.87. The molecule has 0 aliphatic heterocycles. The molecule has 3 rings (SSSR count). The predicted molar refractivity (Wildman–Crippen MR) is 91.5 cm³/mol. The van der Waals surface area contributed by atoms with Crippen LogP contribution in [0, 0.1) is 0 Å². The number of aliphatic hydroxyl groups is 1. The van der Waals surface area contributed by atoms with Gasteiger partial charge in [-0.25, -0.2) is 0 Å². The van der Waals surface area contributed by atoms with Crippen LogP contribution in [0.1, 0.15) is 41.4 Å². The zero-order valence-corrected chi connectivity index (χ0v) is 13.8. The molecule has 2 aromatic rings. The van der Waals surface area contributed by atoms with Gasteiger partial charge in [0.15, 0.2) is 0 Å². The van der Waals surface area contributed by atoms with Gasteiger partial charge in [-0.15, -0.1) is 0 Å². The summed E-state index contributed by atoms with van der Waals surface area (Å²) in [5.41, 5.74) is 4.03. The molecule has 0 fully saturated rings. The van der Waals surface area contributed by atoms with E-state index in [4.69, 9.17) is 9.47 Å². The molecule has 0 amide bonds. The summed E-state index contributed by atoms with van der Waals surface area (Å²) in [7, 11) is 3.39. The van der Waals surface area contributed by atoms with Crippen molar-refractivity contribution in [3.63, 3.8) is 0 Å². The Morgan fingerprint density at radius 3 is 2.35 bits per heavy atom. The van der Waals surface area contributed by atoms with Crippen molar-refractivity contribution in [1.29, 1.82) is 0 Å². The van der Waals surface area contributed by atoms with E-state index in [-0.39, 0.29) is 6.61 Å². The van der Waals surface area contributed by atoms with Gasteiger partial charge < -0.3 is 14.6 Å². The standard InChI is InChI=1S/C20H24O3/c1-22-16-6-3-14(4-7-16)18-9-5-15-13-17(23-2)8-10-19(15)20(18)11-12-21/h3-4,6-8,10,13,18,20-21H,5,9,11-12H2,1-2H3. The van der Waals surface area contributed by atoms with Gasteiger partial charge in [0, 0.05) is 6.61 Å². The van der Waals surface area contributed by atoms with Gasteiger partial charge in [0.1, 0.15) is 11.5 Å². The van der Waals surface area contributed by atoms with Crippen LogP contribution in [-0.2, 0) is 6.42 Å². The lowest BCUT2D eigenvalue weighted by Gasteiger charge is -2.34. The van der Waals surface area contributed by atoms with E-state index in [1.807, 2.05) is 18.2 Å². The van der Waals surface area contributed by atoms with Crippen molar-refractivity contribution in [2.45, 2.75) is 31.1 Å². The molecule has 2 aromatic carbocycles. The first-order valence-electron chi connectivity index (χ1n) is 8.18. The lowest BCUT2D eigenvalue weighted by molar-refractivity contribution is 0.261.